The van der Waals surface area contributed by atoms with Crippen LogP contribution in [0.5, 0.6) is 0 Å². The number of nitrogens with zero attached hydrogens (tertiary/aromatic N) is 4. The van der Waals surface area contributed by atoms with Gasteiger partial charge in [0.15, 0.2) is 0 Å². The number of carboxylic acid groups (broad SMARTS) is 1. The Balaban J connectivity index is 0.000000383. The highest BCUT2D eigenvalue weighted by Gasteiger charge is 2.38. The number of aliphatic carboxylic acids is 1. The Kier molecular flexibility index (Phi) is 7.83. The summed E-state index contributed by atoms with van der Waals surface area (Å²) >= 11 is 0. The molecular formula is C23H23F3N4O3. The number of halogens is 3. The molecule has 0 radical (unpaired) electrons. The van der Waals surface area contributed by atoms with Gasteiger partial charge in [0.1, 0.15) is 0 Å². The minimum absolute atomic E-state index is 0.0791. The predicted molar refractivity (Wildman–Crippen MR) is 115 cm³/mol. The van der Waals surface area contributed by atoms with E-state index in [-0.39, 0.29) is 5.91 Å². The van der Waals surface area contributed by atoms with E-state index in [1.807, 2.05) is 47.5 Å². The second-order valence-electron chi connectivity index (χ2n) is 7.32. The Hall–Kier alpha value is -3.66. The number of hydrogen-bond acceptors (Lipinski definition) is 4. The first-order chi connectivity index (χ1) is 15.8. The van der Waals surface area contributed by atoms with E-state index in [9.17, 15) is 18.0 Å². The highest BCUT2D eigenvalue weighted by atomic mass is 19.4. The third-order valence-corrected chi connectivity index (χ3v) is 5.04. The summed E-state index contributed by atoms with van der Waals surface area (Å²) < 4.78 is 33.5. The van der Waals surface area contributed by atoms with Gasteiger partial charge in [0.2, 0.25) is 0 Å². The maximum atomic E-state index is 13.0. The number of carbonyl (C=O) groups is 2. The van der Waals surface area contributed by atoms with Gasteiger partial charge in [-0.05, 0) is 23.8 Å². The predicted octanol–water partition coefficient (Wildman–Crippen LogP) is 3.46. The lowest BCUT2D eigenvalue weighted by Gasteiger charge is -2.35. The molecule has 0 spiro atoms. The highest BCUT2D eigenvalue weighted by molar-refractivity contribution is 5.97. The molecule has 0 unspecified atom stereocenters. The summed E-state index contributed by atoms with van der Waals surface area (Å²) in [6.07, 6.45) is -1.49. The summed E-state index contributed by atoms with van der Waals surface area (Å²) in [7, 11) is 0. The Morgan fingerprint density at radius 3 is 2.09 bits per heavy atom. The van der Waals surface area contributed by atoms with Gasteiger partial charge in [-0.2, -0.15) is 18.3 Å². The molecular weight excluding hydrogens is 437 g/mol. The van der Waals surface area contributed by atoms with Crippen molar-refractivity contribution >= 4 is 11.9 Å². The minimum atomic E-state index is -5.08. The van der Waals surface area contributed by atoms with Gasteiger partial charge < -0.3 is 10.0 Å². The largest absolute Gasteiger partial charge is 0.490 e. The first kappa shape index (κ1) is 24.0. The van der Waals surface area contributed by atoms with Crippen LogP contribution in [0.15, 0.2) is 73.1 Å². The molecule has 33 heavy (non-hydrogen) atoms. The molecule has 0 bridgehead atoms. The molecule has 1 aromatic heterocycles. The van der Waals surface area contributed by atoms with Crippen molar-refractivity contribution < 1.29 is 27.9 Å². The van der Waals surface area contributed by atoms with Crippen LogP contribution in [-0.2, 0) is 11.3 Å². The van der Waals surface area contributed by atoms with Crippen LogP contribution >= 0.6 is 0 Å². The summed E-state index contributed by atoms with van der Waals surface area (Å²) in [5.41, 5.74) is 2.85. The van der Waals surface area contributed by atoms with E-state index in [1.165, 1.54) is 5.56 Å². The van der Waals surface area contributed by atoms with Crippen molar-refractivity contribution in [1.82, 2.24) is 19.6 Å². The van der Waals surface area contributed by atoms with Crippen LogP contribution in [-0.4, -0.2) is 68.9 Å². The Morgan fingerprint density at radius 2 is 1.52 bits per heavy atom. The molecule has 1 aliphatic heterocycles. The molecule has 1 saturated heterocycles. The maximum Gasteiger partial charge on any atom is 0.490 e. The van der Waals surface area contributed by atoms with Crippen LogP contribution in [0.4, 0.5) is 13.2 Å². The zero-order valence-electron chi connectivity index (χ0n) is 17.7. The number of carbonyl (C=O) groups excluding carboxylic acids is 1. The quantitative estimate of drug-likeness (QED) is 0.645. The topological polar surface area (TPSA) is 78.7 Å². The zero-order valence-corrected chi connectivity index (χ0v) is 17.7. The molecule has 2 aromatic carbocycles. The van der Waals surface area contributed by atoms with Crippen molar-refractivity contribution in [3.63, 3.8) is 0 Å². The van der Waals surface area contributed by atoms with Crippen LogP contribution in [0.1, 0.15) is 15.9 Å². The number of piperazine rings is 1. The summed E-state index contributed by atoms with van der Waals surface area (Å²) in [5.74, 6) is -2.68. The van der Waals surface area contributed by atoms with E-state index in [2.05, 4.69) is 34.3 Å². The Labute approximate surface area is 188 Å². The maximum absolute atomic E-state index is 13.0. The monoisotopic (exact) mass is 460 g/mol. The van der Waals surface area contributed by atoms with Crippen LogP contribution in [0.25, 0.3) is 5.69 Å². The molecule has 0 saturated carbocycles. The van der Waals surface area contributed by atoms with Gasteiger partial charge in [0, 0.05) is 45.1 Å². The number of rotatable bonds is 4. The van der Waals surface area contributed by atoms with E-state index < -0.39 is 12.1 Å². The lowest BCUT2D eigenvalue weighted by molar-refractivity contribution is -0.192. The van der Waals surface area contributed by atoms with E-state index in [4.69, 9.17) is 9.90 Å². The summed E-state index contributed by atoms with van der Waals surface area (Å²) in [6.45, 7) is 4.22. The van der Waals surface area contributed by atoms with Gasteiger partial charge in [-0.25, -0.2) is 9.48 Å². The smallest absolute Gasteiger partial charge is 0.475 e. The van der Waals surface area contributed by atoms with E-state index in [0.29, 0.717) is 5.56 Å². The Morgan fingerprint density at radius 1 is 0.909 bits per heavy atom. The van der Waals surface area contributed by atoms with Gasteiger partial charge in [-0.3, -0.25) is 9.69 Å². The number of carboxylic acids is 1. The number of aromatic nitrogens is 2. The lowest BCUT2D eigenvalue weighted by Crippen LogP contribution is -2.48. The van der Waals surface area contributed by atoms with Crippen molar-refractivity contribution in [2.45, 2.75) is 12.7 Å². The normalized spacial score (nSPS) is 14.3. The van der Waals surface area contributed by atoms with Crippen molar-refractivity contribution in [2.75, 3.05) is 26.2 Å². The van der Waals surface area contributed by atoms with Crippen LogP contribution in [0.2, 0.25) is 0 Å². The fourth-order valence-corrected chi connectivity index (χ4v) is 3.39. The van der Waals surface area contributed by atoms with Crippen molar-refractivity contribution in [1.29, 1.82) is 0 Å². The third-order valence-electron chi connectivity index (χ3n) is 5.04. The summed E-state index contributed by atoms with van der Waals surface area (Å²) in [4.78, 5) is 26.3. The van der Waals surface area contributed by atoms with Crippen LogP contribution < -0.4 is 0 Å². The lowest BCUT2D eigenvalue weighted by atomic mass is 10.1. The number of alkyl halides is 3. The SMILES string of the molecule is O=C(O)C(F)(F)F.O=C(c1ccccc1-n1cccn1)N1CCN(Cc2ccccc2)CC1. The molecule has 0 aliphatic carbocycles. The highest BCUT2D eigenvalue weighted by Crippen LogP contribution is 2.18. The summed E-state index contributed by atoms with van der Waals surface area (Å²) in [6, 6.07) is 20.0. The number of amides is 1. The number of benzene rings is 2. The molecule has 1 N–H and O–H groups in total. The molecule has 2 heterocycles. The van der Waals surface area contributed by atoms with Gasteiger partial charge in [-0.1, -0.05) is 42.5 Å². The van der Waals surface area contributed by atoms with Crippen molar-refractivity contribution in [2.24, 2.45) is 0 Å². The third kappa shape index (κ3) is 6.66. The Bertz CT molecular complexity index is 1050. The fraction of sp³-hybridized carbons (Fsp3) is 0.261. The standard InChI is InChI=1S/C21H22N4O.C2HF3O2/c26-21(19-9-4-5-10-20(19)25-12-6-11-22-25)24-15-13-23(14-16-24)17-18-7-2-1-3-8-18;3-2(4,5)1(6)7/h1-12H,13-17H2;(H,6,7). The van der Waals surface area contributed by atoms with Crippen LogP contribution in [0, 0.1) is 0 Å². The molecule has 4 rings (SSSR count). The molecule has 1 fully saturated rings. The molecule has 7 nitrogen and oxygen atoms in total. The van der Waals surface area contributed by atoms with E-state index in [0.717, 1.165) is 38.4 Å². The second-order valence-corrected chi connectivity index (χ2v) is 7.32. The van der Waals surface area contributed by atoms with Gasteiger partial charge in [0.05, 0.1) is 11.3 Å². The molecule has 1 aliphatic rings. The molecule has 10 heteroatoms. The van der Waals surface area contributed by atoms with E-state index in [1.54, 1.807) is 10.9 Å². The zero-order chi connectivity index (χ0) is 23.8. The van der Waals surface area contributed by atoms with Crippen molar-refractivity contribution in [3.05, 3.63) is 84.2 Å². The van der Waals surface area contributed by atoms with Gasteiger partial charge in [0.25, 0.3) is 5.91 Å². The minimum Gasteiger partial charge on any atom is -0.475 e. The second kappa shape index (κ2) is 10.8. The first-order valence-corrected chi connectivity index (χ1v) is 10.2. The van der Waals surface area contributed by atoms with Crippen molar-refractivity contribution in [3.8, 4) is 5.69 Å². The fourth-order valence-electron chi connectivity index (χ4n) is 3.39. The molecule has 1 amide bonds. The average Bonchev–Trinajstić information content (AvgIpc) is 3.34. The van der Waals surface area contributed by atoms with Gasteiger partial charge in [-0.15, -0.1) is 0 Å². The van der Waals surface area contributed by atoms with E-state index >= 15 is 0 Å². The molecule has 174 valence electrons. The first-order valence-electron chi connectivity index (χ1n) is 10.2. The summed E-state index contributed by atoms with van der Waals surface area (Å²) in [5, 5.41) is 11.4. The average molecular weight is 460 g/mol. The molecule has 3 aromatic rings. The molecule has 0 atom stereocenters. The van der Waals surface area contributed by atoms with Gasteiger partial charge >= 0.3 is 12.1 Å². The number of hydrogen-bond donors (Lipinski definition) is 1. The number of para-hydroxylation sites is 1. The van der Waals surface area contributed by atoms with Crippen LogP contribution in [0.3, 0.4) is 0 Å².